The number of aliphatic hydroxyl groups excluding tert-OH is 1. The first-order chi connectivity index (χ1) is 7.61. The van der Waals surface area contributed by atoms with Crippen LogP contribution in [0.15, 0.2) is 30.3 Å². The molecule has 0 amide bonds. The molecule has 0 saturated carbocycles. The van der Waals surface area contributed by atoms with E-state index in [0.717, 1.165) is 0 Å². The van der Waals surface area contributed by atoms with Gasteiger partial charge in [0.05, 0.1) is 6.61 Å². The van der Waals surface area contributed by atoms with Crippen LogP contribution in [-0.2, 0) is 6.61 Å². The normalized spacial score (nSPS) is 12.3. The lowest BCUT2D eigenvalue weighted by Crippen LogP contribution is -2.02. The highest BCUT2D eigenvalue weighted by molar-refractivity contribution is 5.70. The van der Waals surface area contributed by atoms with E-state index in [1.54, 1.807) is 31.2 Å². The van der Waals surface area contributed by atoms with Crippen LogP contribution in [0.2, 0.25) is 0 Å². The number of allylic oxidation sites excluding steroid dienone is 1. The molecule has 1 aromatic rings. The molecule has 16 heavy (non-hydrogen) atoms. The largest absolute Gasteiger partial charge is 0.392 e. The Hall–Kier alpha value is -1.22. The number of hydrogen-bond donors (Lipinski definition) is 1. The third kappa shape index (κ3) is 2.67. The highest BCUT2D eigenvalue weighted by Crippen LogP contribution is 2.32. The summed E-state index contributed by atoms with van der Waals surface area (Å²) in [5.74, 6) is -0.210. The van der Waals surface area contributed by atoms with E-state index in [0.29, 0.717) is 17.5 Å². The number of benzene rings is 1. The molecule has 1 N–H and O–H groups in total. The highest BCUT2D eigenvalue weighted by Gasteiger charge is 2.18. The average molecular weight is 226 g/mol. The fourth-order valence-electron chi connectivity index (χ4n) is 1.68. The first-order valence-corrected chi connectivity index (χ1v) is 5.36. The molecule has 0 aliphatic heterocycles. The molecular weight excluding hydrogens is 210 g/mol. The Morgan fingerprint density at radius 1 is 1.31 bits per heavy atom. The molecule has 1 unspecified atom stereocenters. The van der Waals surface area contributed by atoms with Crippen molar-refractivity contribution in [3.05, 3.63) is 41.5 Å². The second-order valence-electron chi connectivity index (χ2n) is 3.80. The van der Waals surface area contributed by atoms with E-state index >= 15 is 0 Å². The van der Waals surface area contributed by atoms with Crippen molar-refractivity contribution in [3.8, 4) is 0 Å². The minimum atomic E-state index is -1.66. The van der Waals surface area contributed by atoms with E-state index in [4.69, 9.17) is 5.11 Å². The highest BCUT2D eigenvalue weighted by atomic mass is 19.3. The van der Waals surface area contributed by atoms with E-state index in [1.165, 1.54) is 0 Å². The summed E-state index contributed by atoms with van der Waals surface area (Å²) in [7, 11) is 0. The van der Waals surface area contributed by atoms with Gasteiger partial charge in [-0.1, -0.05) is 38.1 Å². The van der Waals surface area contributed by atoms with Crippen molar-refractivity contribution in [2.75, 3.05) is 0 Å². The molecule has 0 spiro atoms. The predicted molar refractivity (Wildman–Crippen MR) is 61.0 cm³/mol. The molecule has 1 atom stereocenters. The van der Waals surface area contributed by atoms with Crippen molar-refractivity contribution >= 4 is 5.57 Å². The van der Waals surface area contributed by atoms with E-state index in [9.17, 15) is 8.78 Å². The van der Waals surface area contributed by atoms with E-state index in [1.807, 2.05) is 6.92 Å². The maximum absolute atomic E-state index is 12.9. The number of rotatable bonds is 4. The van der Waals surface area contributed by atoms with E-state index in [-0.39, 0.29) is 18.1 Å². The van der Waals surface area contributed by atoms with Crippen LogP contribution in [0.1, 0.15) is 31.4 Å². The summed E-state index contributed by atoms with van der Waals surface area (Å²) >= 11 is 0. The van der Waals surface area contributed by atoms with Crippen LogP contribution in [0.3, 0.4) is 0 Å². The van der Waals surface area contributed by atoms with Crippen LogP contribution in [0.4, 0.5) is 8.78 Å². The monoisotopic (exact) mass is 226 g/mol. The van der Waals surface area contributed by atoms with Crippen LogP contribution in [0, 0.1) is 5.92 Å². The summed E-state index contributed by atoms with van der Waals surface area (Å²) in [6, 6.07) is 6.74. The maximum atomic E-state index is 12.9. The number of hydrogen-bond acceptors (Lipinski definition) is 1. The lowest BCUT2D eigenvalue weighted by atomic mass is 9.90. The van der Waals surface area contributed by atoms with Gasteiger partial charge in [-0.25, -0.2) is 0 Å². The van der Waals surface area contributed by atoms with Gasteiger partial charge in [-0.05, 0) is 23.5 Å². The van der Waals surface area contributed by atoms with Gasteiger partial charge in [0.15, 0.2) is 0 Å². The van der Waals surface area contributed by atoms with Gasteiger partial charge in [0.2, 0.25) is 0 Å². The average Bonchev–Trinajstić information content (AvgIpc) is 2.29. The summed E-state index contributed by atoms with van der Waals surface area (Å²) in [6.45, 7) is 3.42. The molecule has 0 fully saturated rings. The van der Waals surface area contributed by atoms with Crippen molar-refractivity contribution in [2.45, 2.75) is 26.9 Å². The number of aliphatic hydroxyl groups is 1. The number of halogens is 2. The Morgan fingerprint density at radius 3 is 2.44 bits per heavy atom. The summed E-state index contributed by atoms with van der Waals surface area (Å²) < 4.78 is 25.9. The first-order valence-electron chi connectivity index (χ1n) is 5.36. The zero-order valence-corrected chi connectivity index (χ0v) is 9.50. The van der Waals surface area contributed by atoms with Crippen LogP contribution in [-0.4, -0.2) is 5.11 Å². The summed E-state index contributed by atoms with van der Waals surface area (Å²) in [5.41, 5.74) is 1.05. The third-order valence-electron chi connectivity index (χ3n) is 2.79. The van der Waals surface area contributed by atoms with Gasteiger partial charge < -0.3 is 5.11 Å². The Morgan fingerprint density at radius 2 is 1.94 bits per heavy atom. The van der Waals surface area contributed by atoms with Crippen molar-refractivity contribution < 1.29 is 13.9 Å². The van der Waals surface area contributed by atoms with Crippen LogP contribution in [0.25, 0.3) is 5.57 Å². The van der Waals surface area contributed by atoms with E-state index in [2.05, 4.69) is 0 Å². The van der Waals surface area contributed by atoms with Gasteiger partial charge in [-0.15, -0.1) is 0 Å². The quantitative estimate of drug-likeness (QED) is 0.827. The topological polar surface area (TPSA) is 20.2 Å². The van der Waals surface area contributed by atoms with Crippen molar-refractivity contribution in [3.63, 3.8) is 0 Å². The molecule has 0 saturated heterocycles. The molecule has 3 heteroatoms. The molecule has 0 aromatic heterocycles. The van der Waals surface area contributed by atoms with Crippen molar-refractivity contribution in [1.29, 1.82) is 0 Å². The van der Waals surface area contributed by atoms with Gasteiger partial charge in [-0.3, -0.25) is 0 Å². The molecule has 0 bridgehead atoms. The second kappa shape index (κ2) is 5.75. The van der Waals surface area contributed by atoms with Crippen molar-refractivity contribution in [1.82, 2.24) is 0 Å². The third-order valence-corrected chi connectivity index (χ3v) is 2.79. The Kier molecular flexibility index (Phi) is 4.62. The summed E-state index contributed by atoms with van der Waals surface area (Å²) in [5, 5.41) is 9.14. The molecule has 1 aromatic carbocycles. The minimum Gasteiger partial charge on any atom is -0.392 e. The predicted octanol–water partition coefficient (Wildman–Crippen LogP) is 3.83. The maximum Gasteiger partial charge on any atom is 0.274 e. The summed E-state index contributed by atoms with van der Waals surface area (Å²) in [4.78, 5) is 0. The van der Waals surface area contributed by atoms with Gasteiger partial charge in [0.1, 0.15) is 0 Å². The second-order valence-corrected chi connectivity index (χ2v) is 3.80. The first kappa shape index (κ1) is 12.8. The molecular formula is C13H16F2O. The molecule has 0 aliphatic carbocycles. The van der Waals surface area contributed by atoms with Gasteiger partial charge in [0.25, 0.3) is 6.08 Å². The Balaban J connectivity index is 3.28. The Labute approximate surface area is 94.4 Å². The Bertz CT molecular complexity index is 381. The van der Waals surface area contributed by atoms with Crippen molar-refractivity contribution in [2.24, 2.45) is 5.92 Å². The molecule has 88 valence electrons. The summed E-state index contributed by atoms with van der Waals surface area (Å²) in [6.07, 6.45) is -1.01. The lowest BCUT2D eigenvalue weighted by Gasteiger charge is -2.16. The van der Waals surface area contributed by atoms with Crippen LogP contribution in [0.5, 0.6) is 0 Å². The van der Waals surface area contributed by atoms with Crippen LogP contribution >= 0.6 is 0 Å². The van der Waals surface area contributed by atoms with E-state index < -0.39 is 6.08 Å². The minimum absolute atomic E-state index is 0.0483. The smallest absolute Gasteiger partial charge is 0.274 e. The fourth-order valence-corrected chi connectivity index (χ4v) is 1.68. The van der Waals surface area contributed by atoms with Gasteiger partial charge in [-0.2, -0.15) is 8.78 Å². The van der Waals surface area contributed by atoms with Gasteiger partial charge >= 0.3 is 0 Å². The SMILES string of the molecule is CCC(C)C(=C(F)F)c1ccccc1CO. The molecule has 0 aliphatic rings. The standard InChI is InChI=1S/C13H16F2O/c1-3-9(2)12(13(14)15)11-7-5-4-6-10(11)8-16/h4-7,9,16H,3,8H2,1-2H3. The lowest BCUT2D eigenvalue weighted by molar-refractivity contribution is 0.281. The molecule has 0 radical (unpaired) electrons. The molecule has 0 heterocycles. The zero-order valence-electron chi connectivity index (χ0n) is 9.50. The zero-order chi connectivity index (χ0) is 12.1. The van der Waals surface area contributed by atoms with Gasteiger partial charge in [0, 0.05) is 5.57 Å². The fraction of sp³-hybridized carbons (Fsp3) is 0.385. The molecule has 1 rings (SSSR count). The van der Waals surface area contributed by atoms with Crippen LogP contribution < -0.4 is 0 Å². The molecule has 1 nitrogen and oxygen atoms in total.